The van der Waals surface area contributed by atoms with Gasteiger partial charge in [0.15, 0.2) is 11.0 Å². The molecule has 0 aliphatic rings. The highest BCUT2D eigenvalue weighted by Crippen LogP contribution is 2.26. The van der Waals surface area contributed by atoms with E-state index in [1.165, 1.54) is 0 Å². The van der Waals surface area contributed by atoms with E-state index in [9.17, 15) is 13.2 Å². The Labute approximate surface area is 86.0 Å². The number of rotatable bonds is 2. The van der Waals surface area contributed by atoms with Crippen molar-refractivity contribution in [2.45, 2.75) is 11.8 Å². The summed E-state index contributed by atoms with van der Waals surface area (Å²) in [4.78, 5) is 3.48. The molecule has 1 aromatic rings. The van der Waals surface area contributed by atoms with Gasteiger partial charge in [-0.3, -0.25) is 0 Å². The Morgan fingerprint density at radius 1 is 1.54 bits per heavy atom. The molecule has 0 aliphatic heterocycles. The number of hydrogen-bond acceptors (Lipinski definition) is 1. The average molecular weight is 274 g/mol. The zero-order valence-corrected chi connectivity index (χ0v) is 8.54. The maximum Gasteiger partial charge on any atom is 0.265 e. The van der Waals surface area contributed by atoms with E-state index in [4.69, 9.17) is 11.6 Å². The SMILES string of the molecule is Fc1cc(C(F)F)c(CBr)nc1Cl. The van der Waals surface area contributed by atoms with Crippen LogP contribution in [0, 0.1) is 5.82 Å². The van der Waals surface area contributed by atoms with E-state index < -0.39 is 17.8 Å². The molecule has 0 saturated heterocycles. The summed E-state index contributed by atoms with van der Waals surface area (Å²) in [5.41, 5.74) is -0.375. The van der Waals surface area contributed by atoms with Crippen LogP contribution in [0.25, 0.3) is 0 Å². The second-order valence-corrected chi connectivity index (χ2v) is 3.15. The third kappa shape index (κ3) is 2.34. The third-order valence-corrected chi connectivity index (χ3v) is 2.20. The van der Waals surface area contributed by atoms with E-state index in [1.54, 1.807) is 0 Å². The van der Waals surface area contributed by atoms with Gasteiger partial charge in [-0.05, 0) is 6.07 Å². The zero-order chi connectivity index (χ0) is 10.0. The standard InChI is InChI=1S/C7H4BrClF3N/c8-2-5-3(7(11)12)1-4(10)6(9)13-5/h1,7H,2H2. The van der Waals surface area contributed by atoms with Crippen LogP contribution in [0.1, 0.15) is 17.7 Å². The maximum absolute atomic E-state index is 12.7. The van der Waals surface area contributed by atoms with Gasteiger partial charge in [-0.2, -0.15) is 0 Å². The smallest absolute Gasteiger partial charge is 0.237 e. The fourth-order valence-corrected chi connectivity index (χ4v) is 1.42. The Morgan fingerprint density at radius 3 is 2.62 bits per heavy atom. The number of nitrogens with zero attached hydrogens (tertiary/aromatic N) is 1. The lowest BCUT2D eigenvalue weighted by atomic mass is 10.2. The van der Waals surface area contributed by atoms with E-state index in [-0.39, 0.29) is 16.2 Å². The van der Waals surface area contributed by atoms with Gasteiger partial charge in [0.1, 0.15) is 0 Å². The van der Waals surface area contributed by atoms with Crippen molar-refractivity contribution in [3.05, 3.63) is 28.3 Å². The first-order valence-corrected chi connectivity index (χ1v) is 4.75. The summed E-state index contributed by atoms with van der Waals surface area (Å²) in [6.07, 6.45) is -2.74. The lowest BCUT2D eigenvalue weighted by molar-refractivity contribution is 0.149. The van der Waals surface area contributed by atoms with E-state index in [0.29, 0.717) is 6.07 Å². The molecule has 0 unspecified atom stereocenters. The molecule has 0 saturated carbocycles. The molecule has 0 aliphatic carbocycles. The minimum atomic E-state index is -2.74. The van der Waals surface area contributed by atoms with Crippen molar-refractivity contribution >= 4 is 27.5 Å². The predicted octanol–water partition coefficient (Wildman–Crippen LogP) is 3.71. The van der Waals surface area contributed by atoms with Gasteiger partial charge >= 0.3 is 0 Å². The van der Waals surface area contributed by atoms with E-state index in [0.717, 1.165) is 0 Å². The van der Waals surface area contributed by atoms with Gasteiger partial charge in [0.25, 0.3) is 6.43 Å². The van der Waals surface area contributed by atoms with Gasteiger partial charge in [-0.25, -0.2) is 18.2 Å². The molecule has 0 spiro atoms. The van der Waals surface area contributed by atoms with Crippen LogP contribution in [0.5, 0.6) is 0 Å². The highest BCUT2D eigenvalue weighted by molar-refractivity contribution is 9.08. The zero-order valence-electron chi connectivity index (χ0n) is 6.20. The molecule has 1 rings (SSSR count). The first kappa shape index (κ1) is 10.8. The first-order valence-electron chi connectivity index (χ1n) is 3.25. The molecule has 1 aromatic heterocycles. The molecule has 0 atom stereocenters. The second-order valence-electron chi connectivity index (χ2n) is 2.23. The lowest BCUT2D eigenvalue weighted by Gasteiger charge is -2.05. The Bertz CT molecular complexity index is 319. The largest absolute Gasteiger partial charge is 0.265 e. The minimum Gasteiger partial charge on any atom is -0.237 e. The summed E-state index contributed by atoms with van der Waals surface area (Å²) >= 11 is 8.28. The van der Waals surface area contributed by atoms with E-state index in [2.05, 4.69) is 20.9 Å². The summed E-state index contributed by atoms with van der Waals surface area (Å²) in [5.74, 6) is -0.929. The molecular weight excluding hydrogens is 270 g/mol. The molecule has 0 amide bonds. The fraction of sp³-hybridized carbons (Fsp3) is 0.286. The van der Waals surface area contributed by atoms with Crippen molar-refractivity contribution < 1.29 is 13.2 Å². The molecule has 1 nitrogen and oxygen atoms in total. The van der Waals surface area contributed by atoms with Crippen molar-refractivity contribution in [1.29, 1.82) is 0 Å². The van der Waals surface area contributed by atoms with E-state index >= 15 is 0 Å². The summed E-state index contributed by atoms with van der Waals surface area (Å²) < 4.78 is 37.2. The van der Waals surface area contributed by atoms with Crippen LogP contribution in [0.15, 0.2) is 6.07 Å². The van der Waals surface area contributed by atoms with Crippen LogP contribution in [0.3, 0.4) is 0 Å². The Balaban J connectivity index is 3.25. The van der Waals surface area contributed by atoms with Crippen LogP contribution in [-0.2, 0) is 5.33 Å². The van der Waals surface area contributed by atoms with Crippen LogP contribution < -0.4 is 0 Å². The van der Waals surface area contributed by atoms with E-state index in [1.807, 2.05) is 0 Å². The number of pyridine rings is 1. The second kappa shape index (κ2) is 4.28. The normalized spacial score (nSPS) is 10.9. The Morgan fingerprint density at radius 2 is 2.15 bits per heavy atom. The number of halogens is 5. The van der Waals surface area contributed by atoms with Crippen molar-refractivity contribution in [2.24, 2.45) is 0 Å². The minimum absolute atomic E-state index is 0.0569. The summed E-state index contributed by atoms with van der Waals surface area (Å²) in [7, 11) is 0. The van der Waals surface area contributed by atoms with Gasteiger partial charge in [0.05, 0.1) is 5.69 Å². The lowest BCUT2D eigenvalue weighted by Crippen LogP contribution is -1.98. The molecule has 1 heterocycles. The molecule has 0 aromatic carbocycles. The van der Waals surface area contributed by atoms with Gasteiger partial charge in [0.2, 0.25) is 0 Å². The van der Waals surface area contributed by atoms with Crippen LogP contribution >= 0.6 is 27.5 Å². The quantitative estimate of drug-likeness (QED) is 0.592. The van der Waals surface area contributed by atoms with Crippen LogP contribution in [0.2, 0.25) is 5.15 Å². The topological polar surface area (TPSA) is 12.9 Å². The van der Waals surface area contributed by atoms with Gasteiger partial charge in [-0.1, -0.05) is 27.5 Å². The summed E-state index contributed by atoms with van der Waals surface area (Å²) in [6.45, 7) is 0. The van der Waals surface area contributed by atoms with Crippen LogP contribution in [-0.4, -0.2) is 4.98 Å². The molecule has 0 bridgehead atoms. The van der Waals surface area contributed by atoms with Crippen molar-refractivity contribution in [3.8, 4) is 0 Å². The number of alkyl halides is 3. The highest BCUT2D eigenvalue weighted by atomic mass is 79.9. The molecule has 0 fully saturated rings. The van der Waals surface area contributed by atoms with Crippen molar-refractivity contribution in [2.75, 3.05) is 0 Å². The highest BCUT2D eigenvalue weighted by Gasteiger charge is 2.16. The van der Waals surface area contributed by atoms with Gasteiger partial charge < -0.3 is 0 Å². The van der Waals surface area contributed by atoms with Crippen molar-refractivity contribution in [3.63, 3.8) is 0 Å². The average Bonchev–Trinajstić information content (AvgIpc) is 2.08. The Kier molecular flexibility index (Phi) is 3.55. The fourth-order valence-electron chi connectivity index (χ4n) is 0.812. The summed E-state index contributed by atoms with van der Waals surface area (Å²) in [6, 6.07) is 0.705. The number of hydrogen-bond donors (Lipinski definition) is 0. The Hall–Kier alpha value is -0.290. The molecule has 0 N–H and O–H groups in total. The molecule has 72 valence electrons. The molecule has 0 radical (unpaired) electrons. The van der Waals surface area contributed by atoms with Gasteiger partial charge in [-0.15, -0.1) is 0 Å². The van der Waals surface area contributed by atoms with Gasteiger partial charge in [0, 0.05) is 10.9 Å². The number of aromatic nitrogens is 1. The molecule has 13 heavy (non-hydrogen) atoms. The molecular formula is C7H4BrClF3N. The predicted molar refractivity (Wildman–Crippen MR) is 46.8 cm³/mol. The van der Waals surface area contributed by atoms with Crippen molar-refractivity contribution in [1.82, 2.24) is 4.98 Å². The maximum atomic E-state index is 12.7. The summed E-state index contributed by atoms with van der Waals surface area (Å²) in [5, 5.41) is -0.272. The third-order valence-electron chi connectivity index (χ3n) is 1.41. The van der Waals surface area contributed by atoms with Crippen LogP contribution in [0.4, 0.5) is 13.2 Å². The first-order chi connectivity index (χ1) is 6.06. The molecule has 6 heteroatoms. The monoisotopic (exact) mass is 273 g/mol.